The number of hydrogen-bond donors (Lipinski definition) is 1. The van der Waals surface area contributed by atoms with Gasteiger partial charge in [-0.15, -0.1) is 13.2 Å². The zero-order valence-corrected chi connectivity index (χ0v) is 22.0. The van der Waals surface area contributed by atoms with Gasteiger partial charge < -0.3 is 24.4 Å². The molecule has 2 bridgehead atoms. The summed E-state index contributed by atoms with van der Waals surface area (Å²) in [6.07, 6.45) is 6.73. The van der Waals surface area contributed by atoms with Gasteiger partial charge in [0.05, 0.1) is 35.4 Å². The Labute approximate surface area is 222 Å². The number of β-amino-alcohol motifs (C(OH)–C–C–N with tert-alkyl or cyclic N) is 1. The summed E-state index contributed by atoms with van der Waals surface area (Å²) in [7, 11) is 0. The molecule has 0 aliphatic carbocycles. The van der Waals surface area contributed by atoms with Gasteiger partial charge in [-0.05, 0) is 51.2 Å². The van der Waals surface area contributed by atoms with Crippen molar-refractivity contribution in [2.75, 3.05) is 31.2 Å². The van der Waals surface area contributed by atoms with Crippen LogP contribution >= 0.6 is 11.6 Å². The van der Waals surface area contributed by atoms with E-state index in [0.29, 0.717) is 30.0 Å². The average molecular weight is 531 g/mol. The lowest BCUT2D eigenvalue weighted by atomic mass is 9.66. The number of allylic oxidation sites excluding steroid dienone is 1. The van der Waals surface area contributed by atoms with Crippen molar-refractivity contribution in [3.05, 3.63) is 54.6 Å². The van der Waals surface area contributed by atoms with Crippen molar-refractivity contribution in [1.29, 1.82) is 0 Å². The number of unbranched alkanes of at least 4 members (excludes halogenated alkanes) is 2. The Morgan fingerprint density at radius 3 is 2.70 bits per heavy atom. The molecule has 3 aliphatic rings. The van der Waals surface area contributed by atoms with E-state index < -0.39 is 35.0 Å². The van der Waals surface area contributed by atoms with Gasteiger partial charge in [0.15, 0.2) is 0 Å². The highest BCUT2D eigenvalue weighted by atomic mass is 35.5. The summed E-state index contributed by atoms with van der Waals surface area (Å²) < 4.78 is 12.2. The van der Waals surface area contributed by atoms with Crippen LogP contribution in [-0.4, -0.2) is 71.3 Å². The van der Waals surface area contributed by atoms with E-state index >= 15 is 0 Å². The smallest absolute Gasteiger partial charge is 0.312 e. The summed E-state index contributed by atoms with van der Waals surface area (Å²) in [4.78, 5) is 44.3. The van der Waals surface area contributed by atoms with Crippen LogP contribution in [-0.2, 0) is 23.9 Å². The standard InChI is InChI=1S/C28H35ClN2O6/c1-4-6-7-10-18-36-26(35)22-21-24(33)31(16-17-32)23(28(21)14-13-27(22,3)37-28)25(34)30(15-5-2)20-12-9-8-11-19(20)29/h4-5,8-9,11-12,21-23,32H,1-2,6-7,10,13-18H2,3H3/t21-,22+,23?,27-,28?/m0/s1. The van der Waals surface area contributed by atoms with Gasteiger partial charge in [0, 0.05) is 13.1 Å². The zero-order valence-electron chi connectivity index (χ0n) is 21.2. The van der Waals surface area contributed by atoms with E-state index in [1.165, 1.54) is 9.80 Å². The molecule has 200 valence electrons. The molecule has 1 aromatic rings. The van der Waals surface area contributed by atoms with Crippen LogP contribution in [0.5, 0.6) is 0 Å². The monoisotopic (exact) mass is 530 g/mol. The number of para-hydroxylation sites is 1. The van der Waals surface area contributed by atoms with Crippen molar-refractivity contribution in [1.82, 2.24) is 4.90 Å². The minimum Gasteiger partial charge on any atom is -0.465 e. The highest BCUT2D eigenvalue weighted by Crippen LogP contribution is 2.63. The number of halogens is 1. The third-order valence-electron chi connectivity index (χ3n) is 7.87. The molecule has 3 saturated heterocycles. The highest BCUT2D eigenvalue weighted by Gasteiger charge is 2.78. The van der Waals surface area contributed by atoms with Gasteiger partial charge in [0.2, 0.25) is 5.91 Å². The Bertz CT molecular complexity index is 1080. The van der Waals surface area contributed by atoms with Crippen LogP contribution in [0.4, 0.5) is 5.69 Å². The van der Waals surface area contributed by atoms with Crippen molar-refractivity contribution in [2.24, 2.45) is 11.8 Å². The molecular weight excluding hydrogens is 496 g/mol. The number of rotatable bonds is 12. The molecular formula is C28H35ClN2O6. The number of hydrogen-bond acceptors (Lipinski definition) is 6. The van der Waals surface area contributed by atoms with Gasteiger partial charge in [-0.1, -0.05) is 35.9 Å². The van der Waals surface area contributed by atoms with Crippen molar-refractivity contribution in [3.63, 3.8) is 0 Å². The topological polar surface area (TPSA) is 96.4 Å². The summed E-state index contributed by atoms with van der Waals surface area (Å²) in [5.41, 5.74) is -1.64. The van der Waals surface area contributed by atoms with Gasteiger partial charge in [-0.2, -0.15) is 0 Å². The summed E-state index contributed by atoms with van der Waals surface area (Å²) in [6.45, 7) is 9.33. The summed E-state index contributed by atoms with van der Waals surface area (Å²) in [6, 6.07) is 5.93. The number of anilines is 1. The van der Waals surface area contributed by atoms with Gasteiger partial charge in [0.1, 0.15) is 17.6 Å². The second-order valence-corrected chi connectivity index (χ2v) is 10.5. The van der Waals surface area contributed by atoms with Crippen molar-refractivity contribution in [2.45, 2.75) is 56.3 Å². The molecule has 3 heterocycles. The molecule has 0 radical (unpaired) electrons. The Morgan fingerprint density at radius 1 is 1.27 bits per heavy atom. The van der Waals surface area contributed by atoms with E-state index in [9.17, 15) is 19.5 Å². The number of benzene rings is 1. The molecule has 2 amide bonds. The molecule has 8 nitrogen and oxygen atoms in total. The van der Waals surface area contributed by atoms with E-state index in [-0.39, 0.29) is 38.1 Å². The molecule has 2 unspecified atom stereocenters. The molecule has 3 aliphatic heterocycles. The molecule has 0 aromatic heterocycles. The third kappa shape index (κ3) is 4.60. The van der Waals surface area contributed by atoms with Crippen molar-refractivity contribution >= 4 is 35.1 Å². The third-order valence-corrected chi connectivity index (χ3v) is 8.19. The molecule has 0 saturated carbocycles. The number of nitrogens with zero attached hydrogens (tertiary/aromatic N) is 2. The summed E-state index contributed by atoms with van der Waals surface area (Å²) >= 11 is 6.44. The fourth-order valence-electron chi connectivity index (χ4n) is 6.32. The van der Waals surface area contributed by atoms with Crippen LogP contribution in [0.3, 0.4) is 0 Å². The number of ether oxygens (including phenoxy) is 2. The van der Waals surface area contributed by atoms with Crippen molar-refractivity contribution in [3.8, 4) is 0 Å². The molecule has 1 spiro atoms. The van der Waals surface area contributed by atoms with Crippen LogP contribution < -0.4 is 4.90 Å². The number of aliphatic hydroxyl groups is 1. The van der Waals surface area contributed by atoms with E-state index in [4.69, 9.17) is 21.1 Å². The van der Waals surface area contributed by atoms with E-state index in [1.54, 1.807) is 30.3 Å². The molecule has 9 heteroatoms. The average Bonchev–Trinajstić information content (AvgIpc) is 3.44. The summed E-state index contributed by atoms with van der Waals surface area (Å²) in [5.74, 6) is -2.95. The quantitative estimate of drug-likeness (QED) is 0.252. The van der Waals surface area contributed by atoms with E-state index in [0.717, 1.165) is 12.8 Å². The zero-order chi connectivity index (χ0) is 26.8. The molecule has 1 N–H and O–H groups in total. The summed E-state index contributed by atoms with van der Waals surface area (Å²) in [5, 5.41) is 10.2. The normalized spacial score (nSPS) is 29.8. The van der Waals surface area contributed by atoms with Crippen LogP contribution in [0.25, 0.3) is 0 Å². The number of amides is 2. The number of aliphatic hydroxyl groups excluding tert-OH is 1. The fraction of sp³-hybridized carbons (Fsp3) is 0.536. The van der Waals surface area contributed by atoms with E-state index in [2.05, 4.69) is 13.2 Å². The first kappa shape index (κ1) is 27.4. The lowest BCUT2D eigenvalue weighted by Gasteiger charge is -2.36. The maximum Gasteiger partial charge on any atom is 0.312 e. The van der Waals surface area contributed by atoms with Crippen LogP contribution in [0.1, 0.15) is 39.0 Å². The fourth-order valence-corrected chi connectivity index (χ4v) is 6.56. The maximum atomic E-state index is 14.2. The predicted molar refractivity (Wildman–Crippen MR) is 140 cm³/mol. The lowest BCUT2D eigenvalue weighted by Crippen LogP contribution is -2.57. The van der Waals surface area contributed by atoms with E-state index in [1.807, 2.05) is 13.0 Å². The number of fused-ring (bicyclic) bond motifs is 1. The Morgan fingerprint density at radius 2 is 2.03 bits per heavy atom. The van der Waals surface area contributed by atoms with Crippen LogP contribution in [0.2, 0.25) is 5.02 Å². The Balaban J connectivity index is 1.68. The Hall–Kier alpha value is -2.68. The van der Waals surface area contributed by atoms with Gasteiger partial charge in [-0.3, -0.25) is 14.4 Å². The second-order valence-electron chi connectivity index (χ2n) is 10.1. The Kier molecular flexibility index (Phi) is 8.11. The lowest BCUT2D eigenvalue weighted by molar-refractivity contribution is -0.159. The first-order valence-corrected chi connectivity index (χ1v) is 13.2. The highest BCUT2D eigenvalue weighted by molar-refractivity contribution is 6.34. The van der Waals surface area contributed by atoms with Crippen LogP contribution in [0.15, 0.2) is 49.6 Å². The van der Waals surface area contributed by atoms with Gasteiger partial charge in [-0.25, -0.2) is 0 Å². The van der Waals surface area contributed by atoms with Gasteiger partial charge >= 0.3 is 5.97 Å². The minimum atomic E-state index is -1.20. The predicted octanol–water partition coefficient (Wildman–Crippen LogP) is 3.52. The van der Waals surface area contributed by atoms with Crippen molar-refractivity contribution < 1.29 is 29.0 Å². The molecule has 3 fully saturated rings. The number of carbonyl (C=O) groups excluding carboxylic acids is 3. The molecule has 1 aromatic carbocycles. The molecule has 37 heavy (non-hydrogen) atoms. The minimum absolute atomic E-state index is 0.0542. The first-order chi connectivity index (χ1) is 17.8. The van der Waals surface area contributed by atoms with Crippen LogP contribution in [0, 0.1) is 11.8 Å². The first-order valence-electron chi connectivity index (χ1n) is 12.8. The molecule has 4 rings (SSSR count). The largest absolute Gasteiger partial charge is 0.465 e. The molecule has 5 atom stereocenters. The second kappa shape index (κ2) is 11.0. The number of carbonyl (C=O) groups is 3. The number of likely N-dealkylation sites (tertiary alicyclic amines) is 1. The maximum absolute atomic E-state index is 14.2. The SMILES string of the molecule is C=CCCCCOC(=O)[C@H]1[C@H]2C(=O)N(CCO)C(C(=O)N(CC=C)c3ccccc3Cl)C23CC[C@]1(C)O3. The van der Waals surface area contributed by atoms with Gasteiger partial charge in [0.25, 0.3) is 5.91 Å². The number of esters is 1.